The zero-order valence-electron chi connectivity index (χ0n) is 11.6. The molecule has 0 saturated heterocycles. The van der Waals surface area contributed by atoms with Gasteiger partial charge < -0.3 is 9.90 Å². The lowest BCUT2D eigenvalue weighted by Gasteiger charge is -2.34. The first-order chi connectivity index (χ1) is 7.75. The van der Waals surface area contributed by atoms with Crippen LogP contribution >= 0.6 is 0 Å². The molecule has 0 aromatic heterocycles. The Bertz CT molecular complexity index is 315. The molecule has 2 aliphatic carbocycles. The molecule has 2 fully saturated rings. The Labute approximate surface area is 105 Å². The number of carbonyl (C=O) groups excluding carboxylic acids is 1. The number of ketones is 1. The van der Waals surface area contributed by atoms with Crippen LogP contribution in [-0.4, -0.2) is 16.5 Å². The number of hydrogen-bond donors (Lipinski definition) is 1. The van der Waals surface area contributed by atoms with Crippen molar-refractivity contribution in [3.63, 3.8) is 0 Å². The minimum atomic E-state index is -0.533. The number of Topliss-reactive ketones (excluding diaryl/α,β-unsaturated/α-hetero) is 1. The molecule has 2 nitrogen and oxygen atoms in total. The first kappa shape index (κ1) is 13.1. The van der Waals surface area contributed by atoms with E-state index in [9.17, 15) is 9.90 Å². The molecule has 0 heterocycles. The quantitative estimate of drug-likeness (QED) is 0.816. The van der Waals surface area contributed by atoms with Gasteiger partial charge in [-0.15, -0.1) is 0 Å². The van der Waals surface area contributed by atoms with Gasteiger partial charge in [0.25, 0.3) is 0 Å². The predicted octanol–water partition coefficient (Wildman–Crippen LogP) is 3.18. The number of rotatable bonds is 4. The summed E-state index contributed by atoms with van der Waals surface area (Å²) in [6.07, 6.45) is 5.34. The van der Waals surface area contributed by atoms with Crippen molar-refractivity contribution in [3.8, 4) is 0 Å². The summed E-state index contributed by atoms with van der Waals surface area (Å²) in [7, 11) is 0. The van der Waals surface area contributed by atoms with Crippen LogP contribution in [0.25, 0.3) is 0 Å². The minimum Gasteiger partial charge on any atom is -0.390 e. The normalized spacial score (nSPS) is 40.9. The van der Waals surface area contributed by atoms with E-state index in [1.165, 1.54) is 6.42 Å². The molecular formula is C15H26O2. The topological polar surface area (TPSA) is 37.3 Å². The fraction of sp³-hybridized carbons (Fsp3) is 0.933. The van der Waals surface area contributed by atoms with Crippen LogP contribution in [0.4, 0.5) is 0 Å². The summed E-state index contributed by atoms with van der Waals surface area (Å²) in [5.41, 5.74) is -0.0494. The summed E-state index contributed by atoms with van der Waals surface area (Å²) >= 11 is 0. The van der Waals surface area contributed by atoms with Gasteiger partial charge in [-0.2, -0.15) is 0 Å². The van der Waals surface area contributed by atoms with Crippen LogP contribution in [0.5, 0.6) is 0 Å². The van der Waals surface area contributed by atoms with Crippen LogP contribution in [0, 0.1) is 23.2 Å². The molecule has 2 aliphatic rings. The molecule has 4 atom stereocenters. The summed E-state index contributed by atoms with van der Waals surface area (Å²) in [5, 5.41) is 10.1. The Balaban J connectivity index is 1.93. The van der Waals surface area contributed by atoms with E-state index >= 15 is 0 Å². The zero-order valence-corrected chi connectivity index (χ0v) is 11.6. The van der Waals surface area contributed by atoms with E-state index in [4.69, 9.17) is 0 Å². The van der Waals surface area contributed by atoms with Gasteiger partial charge in [0.1, 0.15) is 5.78 Å². The van der Waals surface area contributed by atoms with Crippen molar-refractivity contribution >= 4 is 5.78 Å². The SMILES string of the molecule is CC(=O)CC[C@H]1[C@@H]2C[C@@H](C(C)(C)O)CC[C@]12C. The summed E-state index contributed by atoms with van der Waals surface area (Å²) in [4.78, 5) is 11.1. The van der Waals surface area contributed by atoms with E-state index in [0.29, 0.717) is 17.1 Å². The van der Waals surface area contributed by atoms with Crippen molar-refractivity contribution in [3.05, 3.63) is 0 Å². The molecule has 0 aliphatic heterocycles. The van der Waals surface area contributed by atoms with Crippen molar-refractivity contribution in [2.24, 2.45) is 23.2 Å². The lowest BCUT2D eigenvalue weighted by molar-refractivity contribution is -0.117. The second-order valence-corrected chi connectivity index (χ2v) is 7.08. The van der Waals surface area contributed by atoms with Gasteiger partial charge in [0.2, 0.25) is 0 Å². The van der Waals surface area contributed by atoms with E-state index in [1.807, 2.05) is 13.8 Å². The highest BCUT2D eigenvalue weighted by Crippen LogP contribution is 2.69. The van der Waals surface area contributed by atoms with Crippen LogP contribution in [0.3, 0.4) is 0 Å². The summed E-state index contributed by atoms with van der Waals surface area (Å²) in [5.74, 6) is 2.25. The third-order valence-corrected chi connectivity index (χ3v) is 5.45. The van der Waals surface area contributed by atoms with Gasteiger partial charge in [-0.25, -0.2) is 0 Å². The van der Waals surface area contributed by atoms with Crippen molar-refractivity contribution in [1.82, 2.24) is 0 Å². The third-order valence-electron chi connectivity index (χ3n) is 5.45. The van der Waals surface area contributed by atoms with Gasteiger partial charge in [0.05, 0.1) is 5.60 Å². The van der Waals surface area contributed by atoms with Gasteiger partial charge >= 0.3 is 0 Å². The van der Waals surface area contributed by atoms with Crippen LogP contribution in [0.2, 0.25) is 0 Å². The lowest BCUT2D eigenvalue weighted by Crippen LogP contribution is -2.34. The molecule has 2 rings (SSSR count). The predicted molar refractivity (Wildman–Crippen MR) is 68.6 cm³/mol. The summed E-state index contributed by atoms with van der Waals surface area (Å²) in [6.45, 7) is 7.94. The van der Waals surface area contributed by atoms with Gasteiger partial charge in [-0.1, -0.05) is 6.92 Å². The standard InChI is InChI=1S/C15H26O2/c1-10(16)5-6-12-13-9-11(14(2,3)17)7-8-15(12,13)4/h11-13,17H,5-9H2,1-4H3/t11-,12-,13-,15+/m0/s1. The maximum Gasteiger partial charge on any atom is 0.129 e. The highest BCUT2D eigenvalue weighted by atomic mass is 16.3. The van der Waals surface area contributed by atoms with E-state index in [2.05, 4.69) is 6.92 Å². The van der Waals surface area contributed by atoms with Crippen LogP contribution < -0.4 is 0 Å². The highest BCUT2D eigenvalue weighted by molar-refractivity contribution is 5.75. The average molecular weight is 238 g/mol. The first-order valence-corrected chi connectivity index (χ1v) is 6.97. The fourth-order valence-electron chi connectivity index (χ4n) is 4.01. The smallest absolute Gasteiger partial charge is 0.129 e. The minimum absolute atomic E-state index is 0.316. The molecule has 2 heteroatoms. The molecule has 0 aromatic rings. The number of fused-ring (bicyclic) bond motifs is 1. The molecule has 98 valence electrons. The van der Waals surface area contributed by atoms with Crippen LogP contribution in [0.1, 0.15) is 59.8 Å². The monoisotopic (exact) mass is 238 g/mol. The maximum absolute atomic E-state index is 11.1. The highest BCUT2D eigenvalue weighted by Gasteiger charge is 2.62. The maximum atomic E-state index is 11.1. The van der Waals surface area contributed by atoms with E-state index in [-0.39, 0.29) is 0 Å². The second kappa shape index (κ2) is 4.08. The number of carbonyl (C=O) groups is 1. The van der Waals surface area contributed by atoms with Gasteiger partial charge in [-0.3, -0.25) is 0 Å². The van der Waals surface area contributed by atoms with E-state index in [1.54, 1.807) is 6.92 Å². The first-order valence-electron chi connectivity index (χ1n) is 6.97. The molecule has 0 spiro atoms. The van der Waals surface area contributed by atoms with E-state index in [0.717, 1.165) is 37.5 Å². The molecule has 0 unspecified atom stereocenters. The van der Waals surface area contributed by atoms with Gasteiger partial charge in [0.15, 0.2) is 0 Å². The lowest BCUT2D eigenvalue weighted by atomic mass is 9.75. The Morgan fingerprint density at radius 3 is 2.65 bits per heavy atom. The van der Waals surface area contributed by atoms with Crippen LogP contribution in [-0.2, 0) is 4.79 Å². The Hall–Kier alpha value is -0.370. The molecule has 2 saturated carbocycles. The molecule has 0 radical (unpaired) electrons. The average Bonchev–Trinajstić information content (AvgIpc) is 2.77. The van der Waals surface area contributed by atoms with Crippen molar-refractivity contribution in [2.75, 3.05) is 0 Å². The number of hydrogen-bond acceptors (Lipinski definition) is 2. The third kappa shape index (κ3) is 2.42. The van der Waals surface area contributed by atoms with Gasteiger partial charge in [-0.05, 0) is 69.6 Å². The van der Waals surface area contributed by atoms with Crippen molar-refractivity contribution in [2.45, 2.75) is 65.4 Å². The Morgan fingerprint density at radius 2 is 2.12 bits per heavy atom. The second-order valence-electron chi connectivity index (χ2n) is 7.08. The van der Waals surface area contributed by atoms with Gasteiger partial charge in [0, 0.05) is 6.42 Å². The van der Waals surface area contributed by atoms with Crippen LogP contribution in [0.15, 0.2) is 0 Å². The summed E-state index contributed by atoms with van der Waals surface area (Å²) < 4.78 is 0. The largest absolute Gasteiger partial charge is 0.390 e. The van der Waals surface area contributed by atoms with Crippen molar-refractivity contribution in [1.29, 1.82) is 0 Å². The molecule has 0 amide bonds. The fourth-order valence-corrected chi connectivity index (χ4v) is 4.01. The van der Waals surface area contributed by atoms with Crippen molar-refractivity contribution < 1.29 is 9.90 Å². The molecule has 17 heavy (non-hydrogen) atoms. The molecule has 1 N–H and O–H groups in total. The Morgan fingerprint density at radius 1 is 1.47 bits per heavy atom. The van der Waals surface area contributed by atoms with E-state index < -0.39 is 5.60 Å². The molecular weight excluding hydrogens is 212 g/mol. The molecule has 0 bridgehead atoms. The zero-order chi connectivity index (χ0) is 12.8. The summed E-state index contributed by atoms with van der Waals surface area (Å²) in [6, 6.07) is 0. The Kier molecular flexibility index (Phi) is 3.14. The molecule has 0 aromatic carbocycles. The number of aliphatic hydroxyl groups is 1.